The molecule has 1 fully saturated rings. The largest absolute Gasteiger partial charge is 0.466 e. The molecular weight excluding hydrogens is 386 g/mol. The number of aryl methyl sites for hydroxylation is 1. The van der Waals surface area contributed by atoms with Crippen LogP contribution in [0.4, 0.5) is 4.79 Å². The highest BCUT2D eigenvalue weighted by Gasteiger charge is 2.27. The van der Waals surface area contributed by atoms with Gasteiger partial charge in [-0.1, -0.05) is 0 Å². The van der Waals surface area contributed by atoms with Crippen LogP contribution in [0.3, 0.4) is 0 Å². The molecule has 1 saturated heterocycles. The maximum Gasteiger partial charge on any atom is 0.410 e. The first-order valence-electron chi connectivity index (χ1n) is 10.2. The average Bonchev–Trinajstić information content (AvgIpc) is 3.11. The minimum absolute atomic E-state index is 0.233. The molecule has 0 atom stereocenters. The highest BCUT2D eigenvalue weighted by Crippen LogP contribution is 2.25. The number of nitrogens with zero attached hydrogens (tertiary/aromatic N) is 3. The topological polar surface area (TPSA) is 94.8 Å². The first kappa shape index (κ1) is 21.8. The lowest BCUT2D eigenvalue weighted by atomic mass is 9.92. The minimum atomic E-state index is -0.468. The molecule has 0 aliphatic carbocycles. The lowest BCUT2D eigenvalue weighted by Crippen LogP contribution is -2.41. The van der Waals surface area contributed by atoms with Crippen LogP contribution in [0, 0.1) is 5.92 Å². The van der Waals surface area contributed by atoms with Gasteiger partial charge >= 0.3 is 12.1 Å². The Kier molecular flexibility index (Phi) is 6.74. The smallest absolute Gasteiger partial charge is 0.410 e. The molecule has 3 heterocycles. The molecule has 0 radical (unpaired) electrons. The summed E-state index contributed by atoms with van der Waals surface area (Å²) in [5.41, 5.74) is 1.42. The molecule has 0 unspecified atom stereocenters. The van der Waals surface area contributed by atoms with E-state index < -0.39 is 11.6 Å². The molecule has 1 aliphatic heterocycles. The number of pyridine rings is 1. The van der Waals surface area contributed by atoms with E-state index in [-0.39, 0.29) is 6.09 Å². The quantitative estimate of drug-likeness (QED) is 0.538. The zero-order valence-electron chi connectivity index (χ0n) is 18.0. The molecule has 0 N–H and O–H groups in total. The van der Waals surface area contributed by atoms with Crippen LogP contribution < -0.4 is 0 Å². The molecule has 1 amide bonds. The predicted octanol–water partition coefficient (Wildman–Crippen LogP) is 3.99. The van der Waals surface area contributed by atoms with Crippen molar-refractivity contribution in [1.29, 1.82) is 0 Å². The number of piperidine rings is 1. The van der Waals surface area contributed by atoms with Crippen LogP contribution in [-0.4, -0.2) is 52.7 Å². The summed E-state index contributed by atoms with van der Waals surface area (Å²) in [4.78, 5) is 33.9. The molecule has 2 aromatic rings. The Morgan fingerprint density at radius 3 is 2.70 bits per heavy atom. The Morgan fingerprint density at radius 2 is 2.03 bits per heavy atom. The Labute approximate surface area is 176 Å². The fourth-order valence-corrected chi connectivity index (χ4v) is 3.37. The fraction of sp³-hybridized carbons (Fsp3) is 0.545. The van der Waals surface area contributed by atoms with Gasteiger partial charge in [0.25, 0.3) is 0 Å². The lowest BCUT2D eigenvalue weighted by Gasteiger charge is -2.33. The molecule has 162 valence electrons. The van der Waals surface area contributed by atoms with Crippen molar-refractivity contribution in [2.45, 2.75) is 52.1 Å². The van der Waals surface area contributed by atoms with Crippen LogP contribution in [0.15, 0.2) is 22.8 Å². The third-order valence-electron chi connectivity index (χ3n) is 4.96. The minimum Gasteiger partial charge on any atom is -0.466 e. The van der Waals surface area contributed by atoms with Gasteiger partial charge in [0, 0.05) is 31.8 Å². The normalized spacial score (nSPS) is 15.7. The summed E-state index contributed by atoms with van der Waals surface area (Å²) < 4.78 is 15.9. The number of hydrogen-bond acceptors (Lipinski definition) is 7. The van der Waals surface area contributed by atoms with Gasteiger partial charge in [0.05, 0.1) is 7.11 Å². The molecule has 30 heavy (non-hydrogen) atoms. The number of oxazole rings is 1. The predicted molar refractivity (Wildman–Crippen MR) is 112 cm³/mol. The summed E-state index contributed by atoms with van der Waals surface area (Å²) in [5, 5.41) is 0. The standard InChI is InChI=1S/C22H29N3O5/c1-22(2,3)30-21(27)25-11-9-15(10-12-25)5-7-18-24-20-17(29-18)13-16(14-23-20)6-8-19(26)28-4/h6,8,13-15H,5,7,9-12H2,1-4H3/b8-6+. The number of likely N-dealkylation sites (tertiary alicyclic amines) is 1. The van der Waals surface area contributed by atoms with Crippen LogP contribution in [0.1, 0.15) is 51.5 Å². The molecule has 8 nitrogen and oxygen atoms in total. The third-order valence-corrected chi connectivity index (χ3v) is 4.96. The van der Waals surface area contributed by atoms with Gasteiger partial charge in [-0.3, -0.25) is 0 Å². The van der Waals surface area contributed by atoms with Crippen molar-refractivity contribution >= 4 is 29.4 Å². The summed E-state index contributed by atoms with van der Waals surface area (Å²) in [7, 11) is 1.33. The molecule has 0 saturated carbocycles. The second-order valence-corrected chi connectivity index (χ2v) is 8.50. The summed E-state index contributed by atoms with van der Waals surface area (Å²) in [6.07, 6.45) is 7.93. The van der Waals surface area contributed by atoms with Gasteiger partial charge in [-0.2, -0.15) is 4.98 Å². The molecule has 3 rings (SSSR count). The van der Waals surface area contributed by atoms with Gasteiger partial charge in [-0.15, -0.1) is 0 Å². The van der Waals surface area contributed by atoms with Gasteiger partial charge in [-0.25, -0.2) is 14.6 Å². The zero-order chi connectivity index (χ0) is 21.7. The number of fused-ring (bicyclic) bond motifs is 1. The Balaban J connectivity index is 1.51. The van der Waals surface area contributed by atoms with Crippen LogP contribution in [0.2, 0.25) is 0 Å². The number of esters is 1. The van der Waals surface area contributed by atoms with Crippen molar-refractivity contribution < 1.29 is 23.5 Å². The second-order valence-electron chi connectivity index (χ2n) is 8.50. The molecule has 1 aliphatic rings. The van der Waals surface area contributed by atoms with E-state index in [1.165, 1.54) is 13.2 Å². The maximum absolute atomic E-state index is 12.2. The van der Waals surface area contributed by atoms with Crippen LogP contribution >= 0.6 is 0 Å². The molecule has 0 bridgehead atoms. The summed E-state index contributed by atoms with van der Waals surface area (Å²) >= 11 is 0. The molecule has 0 aromatic carbocycles. The zero-order valence-corrected chi connectivity index (χ0v) is 18.0. The van der Waals surface area contributed by atoms with E-state index in [1.807, 2.05) is 20.8 Å². The van der Waals surface area contributed by atoms with Crippen LogP contribution in [0.5, 0.6) is 0 Å². The SMILES string of the molecule is COC(=O)/C=C/c1cnc2nc(CCC3CCN(C(=O)OC(C)(C)C)CC3)oc2c1. The highest BCUT2D eigenvalue weighted by atomic mass is 16.6. The number of hydrogen-bond donors (Lipinski definition) is 0. The first-order chi connectivity index (χ1) is 14.2. The van der Waals surface area contributed by atoms with Crippen molar-refractivity contribution in [3.05, 3.63) is 29.8 Å². The van der Waals surface area contributed by atoms with E-state index in [1.54, 1.807) is 23.2 Å². The van der Waals surface area contributed by atoms with E-state index >= 15 is 0 Å². The Bertz CT molecular complexity index is 920. The molecule has 0 spiro atoms. The Hall–Kier alpha value is -2.90. The highest BCUT2D eigenvalue weighted by molar-refractivity contribution is 5.87. The third kappa shape index (κ3) is 6.05. The second kappa shape index (κ2) is 9.28. The first-order valence-corrected chi connectivity index (χ1v) is 10.2. The van der Waals surface area contributed by atoms with Crippen molar-refractivity contribution in [1.82, 2.24) is 14.9 Å². The number of carbonyl (C=O) groups excluding carboxylic acids is 2. The van der Waals surface area contributed by atoms with Gasteiger partial charge < -0.3 is 18.8 Å². The number of carbonyl (C=O) groups is 2. The van der Waals surface area contributed by atoms with Crippen molar-refractivity contribution in [2.24, 2.45) is 5.92 Å². The van der Waals surface area contributed by atoms with Crippen LogP contribution in [0.25, 0.3) is 17.3 Å². The van der Waals surface area contributed by atoms with Crippen molar-refractivity contribution in [3.8, 4) is 0 Å². The van der Waals surface area contributed by atoms with E-state index in [0.29, 0.717) is 36.1 Å². The van der Waals surface area contributed by atoms with E-state index in [9.17, 15) is 9.59 Å². The van der Waals surface area contributed by atoms with E-state index in [0.717, 1.165) is 31.2 Å². The van der Waals surface area contributed by atoms with Crippen molar-refractivity contribution in [2.75, 3.05) is 20.2 Å². The summed E-state index contributed by atoms with van der Waals surface area (Å²) in [6.45, 7) is 7.07. The molecule has 8 heteroatoms. The van der Waals surface area contributed by atoms with Gasteiger partial charge in [-0.05, 0) is 63.7 Å². The molecular formula is C22H29N3O5. The van der Waals surface area contributed by atoms with E-state index in [4.69, 9.17) is 9.15 Å². The number of amides is 1. The number of rotatable bonds is 5. The number of ether oxygens (including phenoxy) is 2. The average molecular weight is 415 g/mol. The summed E-state index contributed by atoms with van der Waals surface area (Å²) in [6, 6.07) is 1.80. The summed E-state index contributed by atoms with van der Waals surface area (Å²) in [5.74, 6) is 0.748. The lowest BCUT2D eigenvalue weighted by molar-refractivity contribution is -0.134. The number of methoxy groups -OCH3 is 1. The van der Waals surface area contributed by atoms with Gasteiger partial charge in [0.2, 0.25) is 0 Å². The molecule has 2 aromatic heterocycles. The van der Waals surface area contributed by atoms with Gasteiger partial charge in [0.1, 0.15) is 5.60 Å². The van der Waals surface area contributed by atoms with E-state index in [2.05, 4.69) is 14.7 Å². The van der Waals surface area contributed by atoms with Crippen molar-refractivity contribution in [3.63, 3.8) is 0 Å². The fourth-order valence-electron chi connectivity index (χ4n) is 3.37. The number of aromatic nitrogens is 2. The van der Waals surface area contributed by atoms with Crippen LogP contribution in [-0.2, 0) is 20.7 Å². The monoisotopic (exact) mass is 415 g/mol. The Morgan fingerprint density at radius 1 is 1.30 bits per heavy atom. The maximum atomic E-state index is 12.2. The van der Waals surface area contributed by atoms with Gasteiger partial charge in [0.15, 0.2) is 17.1 Å².